The van der Waals surface area contributed by atoms with Crippen molar-refractivity contribution in [1.82, 2.24) is 14.5 Å². The van der Waals surface area contributed by atoms with Crippen LogP contribution in [0.3, 0.4) is 0 Å². The van der Waals surface area contributed by atoms with Crippen LogP contribution in [0.1, 0.15) is 16.7 Å². The maximum atomic E-state index is 5.57. The van der Waals surface area contributed by atoms with E-state index in [1.54, 1.807) is 0 Å². The molecule has 0 unspecified atom stereocenters. The van der Waals surface area contributed by atoms with Gasteiger partial charge in [-0.3, -0.25) is 4.90 Å². The van der Waals surface area contributed by atoms with Crippen molar-refractivity contribution in [2.45, 2.75) is 19.5 Å². The van der Waals surface area contributed by atoms with Gasteiger partial charge in [-0.25, -0.2) is 4.98 Å². The van der Waals surface area contributed by atoms with Crippen LogP contribution >= 0.6 is 0 Å². The summed E-state index contributed by atoms with van der Waals surface area (Å²) in [7, 11) is 4.19. The van der Waals surface area contributed by atoms with Crippen LogP contribution in [0.5, 0.6) is 5.75 Å². The minimum atomic E-state index is 0.818. The van der Waals surface area contributed by atoms with Crippen molar-refractivity contribution in [3.8, 4) is 5.75 Å². The fraction of sp³-hybridized carbons (Fsp3) is 0.316. The maximum absolute atomic E-state index is 5.57. The molecule has 0 saturated carbocycles. The molecular weight excluding hydrogens is 286 g/mol. The van der Waals surface area contributed by atoms with Crippen molar-refractivity contribution in [2.75, 3.05) is 13.7 Å². The number of aromatic nitrogens is 2. The standard InChI is InChI=1S/C19H21N3O/c1-21(11-14-4-6-19-16(9-14)7-8-23-19)12-15-3-5-18-17(10-15)20-13-22(18)2/h3-6,9-10,13H,7-8,11-12H2,1-2H3. The number of fused-ring (bicyclic) bond motifs is 2. The molecule has 0 spiro atoms. The highest BCUT2D eigenvalue weighted by Crippen LogP contribution is 2.26. The van der Waals surface area contributed by atoms with E-state index in [0.29, 0.717) is 0 Å². The van der Waals surface area contributed by atoms with Gasteiger partial charge >= 0.3 is 0 Å². The van der Waals surface area contributed by atoms with Gasteiger partial charge in [0, 0.05) is 26.6 Å². The molecule has 0 amide bonds. The predicted octanol–water partition coefficient (Wildman–Crippen LogP) is 3.14. The number of nitrogens with zero attached hydrogens (tertiary/aromatic N) is 3. The first kappa shape index (κ1) is 14.3. The van der Waals surface area contributed by atoms with E-state index in [-0.39, 0.29) is 0 Å². The van der Waals surface area contributed by atoms with Gasteiger partial charge in [0.25, 0.3) is 0 Å². The molecule has 1 aliphatic heterocycles. The zero-order chi connectivity index (χ0) is 15.8. The highest BCUT2D eigenvalue weighted by molar-refractivity contribution is 5.75. The lowest BCUT2D eigenvalue weighted by Crippen LogP contribution is -2.17. The molecular formula is C19H21N3O. The summed E-state index contributed by atoms with van der Waals surface area (Å²) in [5.74, 6) is 1.05. The van der Waals surface area contributed by atoms with Crippen LogP contribution in [0.4, 0.5) is 0 Å². The number of rotatable bonds is 4. The van der Waals surface area contributed by atoms with Crippen molar-refractivity contribution in [3.63, 3.8) is 0 Å². The number of hydrogen-bond donors (Lipinski definition) is 0. The Balaban J connectivity index is 1.47. The zero-order valence-corrected chi connectivity index (χ0v) is 13.6. The summed E-state index contributed by atoms with van der Waals surface area (Å²) >= 11 is 0. The molecule has 1 aliphatic rings. The average Bonchev–Trinajstić information content (AvgIpc) is 3.13. The third-order valence-electron chi connectivity index (χ3n) is 4.45. The monoisotopic (exact) mass is 307 g/mol. The molecule has 0 saturated heterocycles. The summed E-state index contributed by atoms with van der Waals surface area (Å²) < 4.78 is 7.63. The van der Waals surface area contributed by atoms with Crippen LogP contribution in [0.25, 0.3) is 11.0 Å². The zero-order valence-electron chi connectivity index (χ0n) is 13.6. The summed E-state index contributed by atoms with van der Waals surface area (Å²) in [5, 5.41) is 0. The number of imidazole rings is 1. The van der Waals surface area contributed by atoms with E-state index >= 15 is 0 Å². The smallest absolute Gasteiger partial charge is 0.122 e. The molecule has 0 N–H and O–H groups in total. The maximum Gasteiger partial charge on any atom is 0.122 e. The van der Waals surface area contributed by atoms with E-state index in [1.165, 1.54) is 22.2 Å². The van der Waals surface area contributed by atoms with E-state index in [1.807, 2.05) is 13.4 Å². The fourth-order valence-corrected chi connectivity index (χ4v) is 3.30. The van der Waals surface area contributed by atoms with E-state index in [4.69, 9.17) is 4.74 Å². The molecule has 1 aromatic heterocycles. The van der Waals surface area contributed by atoms with Crippen LogP contribution in [-0.4, -0.2) is 28.1 Å². The third kappa shape index (κ3) is 2.82. The first-order valence-corrected chi connectivity index (χ1v) is 8.02. The molecule has 23 heavy (non-hydrogen) atoms. The van der Waals surface area contributed by atoms with Crippen molar-refractivity contribution in [2.24, 2.45) is 7.05 Å². The topological polar surface area (TPSA) is 30.3 Å². The Bertz CT molecular complexity index is 853. The first-order valence-electron chi connectivity index (χ1n) is 8.02. The van der Waals surface area contributed by atoms with Gasteiger partial charge in [0.15, 0.2) is 0 Å². The van der Waals surface area contributed by atoms with E-state index < -0.39 is 0 Å². The van der Waals surface area contributed by atoms with Gasteiger partial charge in [-0.1, -0.05) is 18.2 Å². The lowest BCUT2D eigenvalue weighted by molar-refractivity contribution is 0.319. The molecule has 0 bridgehead atoms. The predicted molar refractivity (Wildman–Crippen MR) is 91.5 cm³/mol. The number of hydrogen-bond acceptors (Lipinski definition) is 3. The highest BCUT2D eigenvalue weighted by atomic mass is 16.5. The minimum absolute atomic E-state index is 0.818. The van der Waals surface area contributed by atoms with Gasteiger partial charge < -0.3 is 9.30 Å². The molecule has 3 aromatic rings. The van der Waals surface area contributed by atoms with Crippen molar-refractivity contribution < 1.29 is 4.74 Å². The molecule has 0 radical (unpaired) electrons. The minimum Gasteiger partial charge on any atom is -0.493 e. The van der Waals surface area contributed by atoms with Crippen LogP contribution < -0.4 is 4.74 Å². The Morgan fingerprint density at radius 3 is 2.78 bits per heavy atom. The lowest BCUT2D eigenvalue weighted by atomic mass is 10.1. The SMILES string of the molecule is CN(Cc1ccc2c(c1)CCO2)Cc1ccc2c(c1)ncn2C. The van der Waals surface area contributed by atoms with Gasteiger partial charge in [-0.05, 0) is 41.9 Å². The van der Waals surface area contributed by atoms with E-state index in [0.717, 1.165) is 37.4 Å². The quantitative estimate of drug-likeness (QED) is 0.742. The van der Waals surface area contributed by atoms with Gasteiger partial charge in [0.1, 0.15) is 5.75 Å². The summed E-state index contributed by atoms with van der Waals surface area (Å²) in [6.45, 7) is 2.67. The summed E-state index contributed by atoms with van der Waals surface area (Å²) in [5.41, 5.74) is 6.22. The normalized spacial score (nSPS) is 13.5. The molecule has 4 rings (SSSR count). The summed E-state index contributed by atoms with van der Waals surface area (Å²) in [4.78, 5) is 6.78. The Labute approximate surface area is 136 Å². The molecule has 2 heterocycles. The molecule has 0 fully saturated rings. The number of ether oxygens (including phenoxy) is 1. The second-order valence-corrected chi connectivity index (χ2v) is 6.39. The Morgan fingerprint density at radius 1 is 1.13 bits per heavy atom. The molecule has 2 aromatic carbocycles. The van der Waals surface area contributed by atoms with Gasteiger partial charge in [0.05, 0.1) is 24.0 Å². The molecule has 118 valence electrons. The number of benzene rings is 2. The second-order valence-electron chi connectivity index (χ2n) is 6.39. The van der Waals surface area contributed by atoms with Crippen molar-refractivity contribution >= 4 is 11.0 Å². The Hall–Kier alpha value is -2.33. The molecule has 0 aliphatic carbocycles. The van der Waals surface area contributed by atoms with Gasteiger partial charge in [0.2, 0.25) is 0 Å². The van der Waals surface area contributed by atoms with Crippen LogP contribution in [0.2, 0.25) is 0 Å². The molecule has 4 heteroatoms. The summed E-state index contributed by atoms with van der Waals surface area (Å²) in [6.07, 6.45) is 2.90. The summed E-state index contributed by atoms with van der Waals surface area (Å²) in [6, 6.07) is 13.1. The molecule has 4 nitrogen and oxygen atoms in total. The van der Waals surface area contributed by atoms with Gasteiger partial charge in [-0.2, -0.15) is 0 Å². The van der Waals surface area contributed by atoms with Crippen molar-refractivity contribution in [1.29, 1.82) is 0 Å². The lowest BCUT2D eigenvalue weighted by Gasteiger charge is -2.17. The first-order chi connectivity index (χ1) is 11.2. The average molecular weight is 307 g/mol. The third-order valence-corrected chi connectivity index (χ3v) is 4.45. The Morgan fingerprint density at radius 2 is 1.91 bits per heavy atom. The molecule has 0 atom stereocenters. The van der Waals surface area contributed by atoms with Crippen LogP contribution in [0, 0.1) is 0 Å². The number of aryl methyl sites for hydroxylation is 1. The Kier molecular flexibility index (Phi) is 3.54. The van der Waals surface area contributed by atoms with Crippen LogP contribution in [-0.2, 0) is 26.6 Å². The van der Waals surface area contributed by atoms with Gasteiger partial charge in [-0.15, -0.1) is 0 Å². The van der Waals surface area contributed by atoms with Crippen molar-refractivity contribution in [3.05, 3.63) is 59.4 Å². The highest BCUT2D eigenvalue weighted by Gasteiger charge is 2.13. The fourth-order valence-electron chi connectivity index (χ4n) is 3.30. The van der Waals surface area contributed by atoms with E-state index in [9.17, 15) is 0 Å². The second kappa shape index (κ2) is 5.70. The van der Waals surface area contributed by atoms with Crippen LogP contribution in [0.15, 0.2) is 42.7 Å². The largest absolute Gasteiger partial charge is 0.493 e. The van der Waals surface area contributed by atoms with E-state index in [2.05, 4.69) is 57.9 Å².